The molecule has 0 aromatic heterocycles. The average molecular weight is 717 g/mol. The Morgan fingerprint density at radius 2 is 1.46 bits per heavy atom. The number of benzene rings is 3. The molecule has 0 spiro atoms. The minimum absolute atomic E-state index is 0.0196. The Hall–Kier alpha value is -3.62. The topological polar surface area (TPSA) is 87.3 Å². The van der Waals surface area contributed by atoms with Gasteiger partial charge in [-0.2, -0.15) is 26.3 Å². The van der Waals surface area contributed by atoms with Crippen LogP contribution in [0.15, 0.2) is 48.5 Å². The highest BCUT2D eigenvalue weighted by molar-refractivity contribution is 6.53. The number of amides is 3. The summed E-state index contributed by atoms with van der Waals surface area (Å²) in [6, 6.07) is 5.87. The largest absolute Gasteiger partial charge is 0.416 e. The van der Waals surface area contributed by atoms with Crippen LogP contribution in [-0.4, -0.2) is 22.1 Å². The summed E-state index contributed by atoms with van der Waals surface area (Å²) >= 11 is 18.4. The Bertz CT molecular complexity index is 1680. The van der Waals surface area contributed by atoms with Gasteiger partial charge in [0.2, 0.25) is 11.8 Å². The van der Waals surface area contributed by atoms with Gasteiger partial charge in [0.05, 0.1) is 33.3 Å². The SMILES string of the molecule is CCCC(=O)Nc1c(F)ccc(NC(=O)c2cc(NC(=O)C3C(c4cc(C(F)(F)F)cc(C(F)(F)F)c4)C3(Cl)Cl)ccc2Cl)c1F. The quantitative estimate of drug-likeness (QED) is 0.161. The second-order valence-corrected chi connectivity index (χ2v) is 12.0. The van der Waals surface area contributed by atoms with Crippen LogP contribution in [0.2, 0.25) is 5.02 Å². The Balaban J connectivity index is 1.56. The third-order valence-electron chi connectivity index (χ3n) is 6.86. The molecule has 1 saturated carbocycles. The summed E-state index contributed by atoms with van der Waals surface area (Å²) in [5.74, 6) is -8.08. The zero-order valence-corrected chi connectivity index (χ0v) is 25.3. The molecule has 0 aliphatic heterocycles. The maximum absolute atomic E-state index is 15.0. The summed E-state index contributed by atoms with van der Waals surface area (Å²) in [7, 11) is 0. The third kappa shape index (κ3) is 7.50. The molecule has 2 unspecified atom stereocenters. The Labute approximate surface area is 270 Å². The van der Waals surface area contributed by atoms with Crippen molar-refractivity contribution < 1.29 is 49.5 Å². The zero-order valence-electron chi connectivity index (χ0n) is 23.1. The number of halogens is 11. The van der Waals surface area contributed by atoms with Gasteiger partial charge in [-0.25, -0.2) is 8.78 Å². The molecular formula is C29H20Cl3F8N3O3. The Morgan fingerprint density at radius 1 is 0.848 bits per heavy atom. The number of hydrogen-bond donors (Lipinski definition) is 3. The summed E-state index contributed by atoms with van der Waals surface area (Å²) < 4.78 is 107. The van der Waals surface area contributed by atoms with Crippen LogP contribution >= 0.6 is 34.8 Å². The normalized spacial score (nSPS) is 17.3. The van der Waals surface area contributed by atoms with E-state index in [4.69, 9.17) is 34.8 Å². The van der Waals surface area contributed by atoms with Crippen LogP contribution in [0.5, 0.6) is 0 Å². The van der Waals surface area contributed by atoms with Crippen LogP contribution in [0.3, 0.4) is 0 Å². The zero-order chi connectivity index (χ0) is 34.4. The van der Waals surface area contributed by atoms with Crippen LogP contribution in [0.4, 0.5) is 52.2 Å². The predicted molar refractivity (Wildman–Crippen MR) is 155 cm³/mol. The molecule has 1 fully saturated rings. The van der Waals surface area contributed by atoms with Crippen molar-refractivity contribution in [2.45, 2.75) is 42.4 Å². The molecule has 246 valence electrons. The molecule has 1 aliphatic carbocycles. The summed E-state index contributed by atoms with van der Waals surface area (Å²) in [5, 5.41) is 6.41. The fraction of sp³-hybridized carbons (Fsp3) is 0.276. The first kappa shape index (κ1) is 35.2. The fourth-order valence-corrected chi connectivity index (χ4v) is 5.64. The van der Waals surface area contributed by atoms with E-state index in [1.807, 2.05) is 0 Å². The number of carbonyl (C=O) groups is 3. The molecule has 3 aromatic carbocycles. The molecule has 4 rings (SSSR count). The number of hydrogen-bond acceptors (Lipinski definition) is 3. The number of alkyl halides is 8. The standard InChI is InChI=1S/C29H20Cl3F8N3O3/c1-2-3-20(44)43-24-18(33)6-7-19(23(24)34)42-25(45)16-11-15(4-5-17(16)30)41-26(46)22-21(27(22,31)32)12-8-13(28(35,36)37)10-14(9-12)29(38,39)40/h4-11,21-22H,2-3H2,1H3,(H,41,46)(H,42,45)(H,43,44). The van der Waals surface area contributed by atoms with Gasteiger partial charge >= 0.3 is 12.4 Å². The molecule has 6 nitrogen and oxygen atoms in total. The number of anilines is 3. The molecular weight excluding hydrogens is 697 g/mol. The van der Waals surface area contributed by atoms with Crippen molar-refractivity contribution >= 4 is 69.6 Å². The fourth-order valence-electron chi connectivity index (χ4n) is 4.61. The van der Waals surface area contributed by atoms with E-state index < -0.39 is 85.9 Å². The molecule has 3 amide bonds. The molecule has 3 aromatic rings. The van der Waals surface area contributed by atoms with E-state index in [1.54, 1.807) is 6.92 Å². The van der Waals surface area contributed by atoms with E-state index in [-0.39, 0.29) is 28.8 Å². The summed E-state index contributed by atoms with van der Waals surface area (Å²) in [5.41, 5.74) is -5.59. The van der Waals surface area contributed by atoms with Gasteiger partial charge in [-0.1, -0.05) is 18.5 Å². The number of carbonyl (C=O) groups excluding carboxylic acids is 3. The molecule has 46 heavy (non-hydrogen) atoms. The van der Waals surface area contributed by atoms with Crippen LogP contribution in [0, 0.1) is 17.6 Å². The van der Waals surface area contributed by atoms with Gasteiger partial charge in [-0.05, 0) is 60.5 Å². The highest BCUT2D eigenvalue weighted by atomic mass is 35.5. The summed E-state index contributed by atoms with van der Waals surface area (Å²) in [6.45, 7) is 1.68. The van der Waals surface area contributed by atoms with Crippen LogP contribution in [0.1, 0.15) is 52.7 Å². The van der Waals surface area contributed by atoms with Crippen LogP contribution in [-0.2, 0) is 21.9 Å². The van der Waals surface area contributed by atoms with Crippen molar-refractivity contribution in [3.05, 3.63) is 87.4 Å². The second-order valence-electron chi connectivity index (χ2n) is 10.2. The number of rotatable bonds is 8. The lowest BCUT2D eigenvalue weighted by Gasteiger charge is -2.14. The molecule has 17 heteroatoms. The van der Waals surface area contributed by atoms with E-state index in [9.17, 15) is 49.5 Å². The van der Waals surface area contributed by atoms with Crippen LogP contribution in [0.25, 0.3) is 0 Å². The van der Waals surface area contributed by atoms with E-state index >= 15 is 0 Å². The Morgan fingerprint density at radius 3 is 2.02 bits per heavy atom. The first-order valence-corrected chi connectivity index (χ1v) is 14.3. The summed E-state index contributed by atoms with van der Waals surface area (Å²) in [6.07, 6.45) is -9.91. The van der Waals surface area contributed by atoms with Gasteiger partial charge in [0.1, 0.15) is 15.8 Å². The summed E-state index contributed by atoms with van der Waals surface area (Å²) in [4.78, 5) is 37.9. The van der Waals surface area contributed by atoms with Gasteiger partial charge in [-0.3, -0.25) is 14.4 Å². The molecule has 2 atom stereocenters. The van der Waals surface area contributed by atoms with Crippen molar-refractivity contribution in [2.75, 3.05) is 16.0 Å². The molecule has 0 saturated heterocycles. The maximum Gasteiger partial charge on any atom is 0.416 e. The first-order valence-electron chi connectivity index (χ1n) is 13.1. The molecule has 1 aliphatic rings. The lowest BCUT2D eigenvalue weighted by atomic mass is 10.0. The van der Waals surface area contributed by atoms with Crippen molar-refractivity contribution in [1.29, 1.82) is 0 Å². The molecule has 0 bridgehead atoms. The van der Waals surface area contributed by atoms with Crippen molar-refractivity contribution in [3.63, 3.8) is 0 Å². The number of nitrogens with one attached hydrogen (secondary N) is 3. The van der Waals surface area contributed by atoms with E-state index in [0.29, 0.717) is 18.6 Å². The van der Waals surface area contributed by atoms with Gasteiger partial charge in [0.25, 0.3) is 5.91 Å². The lowest BCUT2D eigenvalue weighted by molar-refractivity contribution is -0.143. The molecule has 0 radical (unpaired) electrons. The minimum atomic E-state index is -5.15. The van der Waals surface area contributed by atoms with E-state index in [1.165, 1.54) is 6.07 Å². The van der Waals surface area contributed by atoms with Crippen LogP contribution < -0.4 is 16.0 Å². The predicted octanol–water partition coefficient (Wildman–Crippen LogP) is 9.17. The van der Waals surface area contributed by atoms with Gasteiger partial charge in [-0.15, -0.1) is 23.2 Å². The smallest absolute Gasteiger partial charge is 0.326 e. The van der Waals surface area contributed by atoms with E-state index in [2.05, 4.69) is 16.0 Å². The highest BCUT2D eigenvalue weighted by Crippen LogP contribution is 2.65. The monoisotopic (exact) mass is 715 g/mol. The van der Waals surface area contributed by atoms with Gasteiger partial charge < -0.3 is 16.0 Å². The van der Waals surface area contributed by atoms with Gasteiger partial charge in [0, 0.05) is 18.0 Å². The van der Waals surface area contributed by atoms with Crippen molar-refractivity contribution in [2.24, 2.45) is 5.92 Å². The first-order chi connectivity index (χ1) is 21.2. The maximum atomic E-state index is 15.0. The van der Waals surface area contributed by atoms with E-state index in [0.717, 1.165) is 24.3 Å². The molecule has 3 N–H and O–H groups in total. The third-order valence-corrected chi connectivity index (χ3v) is 8.13. The average Bonchev–Trinajstić information content (AvgIpc) is 3.54. The van der Waals surface area contributed by atoms with Gasteiger partial charge in [0.15, 0.2) is 5.82 Å². The minimum Gasteiger partial charge on any atom is -0.326 e. The highest BCUT2D eigenvalue weighted by Gasteiger charge is 2.68. The van der Waals surface area contributed by atoms with Crippen molar-refractivity contribution in [3.8, 4) is 0 Å². The Kier molecular flexibility index (Phi) is 9.87. The lowest BCUT2D eigenvalue weighted by Crippen LogP contribution is -2.19. The molecule has 0 heterocycles. The van der Waals surface area contributed by atoms with Crippen molar-refractivity contribution in [1.82, 2.24) is 0 Å². The second kappa shape index (κ2) is 12.9.